The van der Waals surface area contributed by atoms with E-state index in [4.69, 9.17) is 4.74 Å². The normalized spacial score (nSPS) is 10.9. The van der Waals surface area contributed by atoms with Crippen LogP contribution in [0.5, 0.6) is 5.75 Å². The lowest BCUT2D eigenvalue weighted by Crippen LogP contribution is -2.00. The first-order chi connectivity index (χ1) is 16.1. The van der Waals surface area contributed by atoms with Crippen LogP contribution in [0.15, 0.2) is 84.9 Å². The van der Waals surface area contributed by atoms with Crippen LogP contribution in [-0.4, -0.2) is 4.92 Å². The fourth-order valence-corrected chi connectivity index (χ4v) is 3.55. The number of ether oxygens (including phenoxy) is 1. The maximum Gasteiger partial charge on any atom is 0.269 e. The van der Waals surface area contributed by atoms with Crippen molar-refractivity contribution in [3.63, 3.8) is 0 Å². The van der Waals surface area contributed by atoms with Crippen molar-refractivity contribution in [3.8, 4) is 17.9 Å². The van der Waals surface area contributed by atoms with Crippen molar-refractivity contribution in [2.24, 2.45) is 0 Å². The molecule has 0 unspecified atom stereocenters. The van der Waals surface area contributed by atoms with Gasteiger partial charge in [0.05, 0.1) is 28.2 Å². The van der Waals surface area contributed by atoms with Gasteiger partial charge in [-0.05, 0) is 46.7 Å². The van der Waals surface area contributed by atoms with Gasteiger partial charge in [0.15, 0.2) is 0 Å². The van der Waals surface area contributed by atoms with Gasteiger partial charge in [-0.1, -0.05) is 48.5 Å². The van der Waals surface area contributed by atoms with Gasteiger partial charge in [0, 0.05) is 23.3 Å². The highest BCUT2D eigenvalue weighted by molar-refractivity contribution is 6.00. The van der Waals surface area contributed by atoms with Crippen molar-refractivity contribution in [1.82, 2.24) is 0 Å². The number of hydrogen-bond donors (Lipinski definition) is 0. The van der Waals surface area contributed by atoms with Gasteiger partial charge in [0.25, 0.3) is 5.69 Å². The van der Waals surface area contributed by atoms with E-state index in [9.17, 15) is 20.6 Å². The molecule has 0 aliphatic carbocycles. The molecule has 0 radical (unpaired) electrons. The number of nitro benzene ring substituents is 1. The summed E-state index contributed by atoms with van der Waals surface area (Å²) < 4.78 is 6.11. The number of nitrogens with zero attached hydrogens (tertiary/aromatic N) is 3. The number of benzene rings is 4. The molecular formula is C27H17N3O3. The van der Waals surface area contributed by atoms with Crippen LogP contribution in [0.25, 0.3) is 22.4 Å². The maximum atomic E-state index is 11.0. The molecule has 0 spiro atoms. The molecule has 0 heterocycles. The van der Waals surface area contributed by atoms with E-state index in [-0.39, 0.29) is 12.3 Å². The van der Waals surface area contributed by atoms with Gasteiger partial charge in [-0.3, -0.25) is 10.1 Å². The van der Waals surface area contributed by atoms with Crippen molar-refractivity contribution in [3.05, 3.63) is 117 Å². The van der Waals surface area contributed by atoms with Crippen LogP contribution in [0.1, 0.15) is 22.3 Å². The standard InChI is InChI=1S/C27H17N3O3/c28-16-21-6-1-2-7-22(21)18-33-27-14-11-20-5-3-4-8-25(20)26(27)15-23(17-29)19-9-12-24(13-10-19)30(31)32/h1-15H,18H2. The van der Waals surface area contributed by atoms with Crippen LogP contribution in [0.4, 0.5) is 5.69 Å². The minimum atomic E-state index is -0.477. The second-order valence-corrected chi connectivity index (χ2v) is 7.23. The highest BCUT2D eigenvalue weighted by Crippen LogP contribution is 2.33. The number of non-ortho nitro benzene ring substituents is 1. The van der Waals surface area contributed by atoms with E-state index in [2.05, 4.69) is 12.1 Å². The largest absolute Gasteiger partial charge is 0.488 e. The van der Waals surface area contributed by atoms with E-state index in [0.717, 1.165) is 21.9 Å². The molecular weight excluding hydrogens is 414 g/mol. The summed E-state index contributed by atoms with van der Waals surface area (Å²) in [4.78, 5) is 10.5. The Morgan fingerprint density at radius 3 is 2.39 bits per heavy atom. The molecule has 0 saturated heterocycles. The number of allylic oxidation sites excluding steroid dienone is 1. The summed E-state index contributed by atoms with van der Waals surface area (Å²) in [6, 6.07) is 29.0. The Morgan fingerprint density at radius 2 is 1.67 bits per heavy atom. The minimum absolute atomic E-state index is 0.0404. The van der Waals surface area contributed by atoms with E-state index in [1.54, 1.807) is 30.3 Å². The Morgan fingerprint density at radius 1 is 0.939 bits per heavy atom. The first kappa shape index (κ1) is 21.3. The van der Waals surface area contributed by atoms with Crippen LogP contribution in [0.2, 0.25) is 0 Å². The molecule has 0 fully saturated rings. The molecule has 158 valence electrons. The Labute approximate surface area is 190 Å². The average Bonchev–Trinajstić information content (AvgIpc) is 2.86. The van der Waals surface area contributed by atoms with Crippen LogP contribution in [0.3, 0.4) is 0 Å². The smallest absolute Gasteiger partial charge is 0.269 e. The number of nitro groups is 1. The van der Waals surface area contributed by atoms with E-state index in [1.165, 1.54) is 12.1 Å². The minimum Gasteiger partial charge on any atom is -0.488 e. The summed E-state index contributed by atoms with van der Waals surface area (Å²) in [5.41, 5.74) is 2.90. The molecule has 4 aromatic carbocycles. The summed E-state index contributed by atoms with van der Waals surface area (Å²) in [7, 11) is 0. The van der Waals surface area contributed by atoms with Crippen molar-refractivity contribution in [2.75, 3.05) is 0 Å². The number of hydrogen-bond acceptors (Lipinski definition) is 5. The Bertz CT molecular complexity index is 1460. The molecule has 0 saturated carbocycles. The SMILES string of the molecule is N#CC(=Cc1c(OCc2ccccc2C#N)ccc2ccccc12)c1ccc([N+](=O)[O-])cc1. The lowest BCUT2D eigenvalue weighted by Gasteiger charge is -2.13. The topological polar surface area (TPSA) is 99.9 Å². The first-order valence-corrected chi connectivity index (χ1v) is 10.1. The summed E-state index contributed by atoms with van der Waals surface area (Å²) in [6.07, 6.45) is 1.73. The van der Waals surface area contributed by atoms with Crippen LogP contribution >= 0.6 is 0 Å². The van der Waals surface area contributed by atoms with Gasteiger partial charge in [-0.2, -0.15) is 10.5 Å². The number of rotatable bonds is 6. The summed E-state index contributed by atoms with van der Waals surface area (Å²) in [5.74, 6) is 0.566. The molecule has 0 N–H and O–H groups in total. The summed E-state index contributed by atoms with van der Waals surface area (Å²) in [5, 5.41) is 32.0. The first-order valence-electron chi connectivity index (χ1n) is 10.1. The maximum absolute atomic E-state index is 11.0. The molecule has 6 heteroatoms. The molecule has 0 aliphatic rings. The molecule has 6 nitrogen and oxygen atoms in total. The fraction of sp³-hybridized carbons (Fsp3) is 0.0370. The Hall–Kier alpha value is -4.94. The highest BCUT2D eigenvalue weighted by Gasteiger charge is 2.12. The van der Waals surface area contributed by atoms with Crippen LogP contribution < -0.4 is 4.74 Å². The lowest BCUT2D eigenvalue weighted by atomic mass is 9.98. The molecule has 33 heavy (non-hydrogen) atoms. The van der Waals surface area contributed by atoms with E-state index in [0.29, 0.717) is 22.4 Å². The molecule has 4 aromatic rings. The van der Waals surface area contributed by atoms with E-state index >= 15 is 0 Å². The van der Waals surface area contributed by atoms with E-state index in [1.807, 2.05) is 48.5 Å². The van der Waals surface area contributed by atoms with Crippen LogP contribution in [-0.2, 0) is 6.61 Å². The van der Waals surface area contributed by atoms with Gasteiger partial charge < -0.3 is 4.74 Å². The second kappa shape index (κ2) is 9.47. The van der Waals surface area contributed by atoms with E-state index < -0.39 is 4.92 Å². The third-order valence-electron chi connectivity index (χ3n) is 5.25. The molecule has 0 aliphatic heterocycles. The Balaban J connectivity index is 1.78. The zero-order chi connectivity index (χ0) is 23.2. The third kappa shape index (κ3) is 4.56. The third-order valence-corrected chi connectivity index (χ3v) is 5.25. The van der Waals surface area contributed by atoms with Gasteiger partial charge in [-0.15, -0.1) is 0 Å². The van der Waals surface area contributed by atoms with Gasteiger partial charge >= 0.3 is 0 Å². The second-order valence-electron chi connectivity index (χ2n) is 7.23. The summed E-state index contributed by atoms with van der Waals surface area (Å²) >= 11 is 0. The zero-order valence-electron chi connectivity index (χ0n) is 17.4. The lowest BCUT2D eigenvalue weighted by molar-refractivity contribution is -0.384. The van der Waals surface area contributed by atoms with Crippen molar-refractivity contribution in [2.45, 2.75) is 6.61 Å². The zero-order valence-corrected chi connectivity index (χ0v) is 17.4. The van der Waals surface area contributed by atoms with Gasteiger partial charge in [0.1, 0.15) is 12.4 Å². The Kier molecular flexibility index (Phi) is 6.11. The molecule has 4 rings (SSSR count). The van der Waals surface area contributed by atoms with Crippen molar-refractivity contribution in [1.29, 1.82) is 10.5 Å². The summed E-state index contributed by atoms with van der Waals surface area (Å²) in [6.45, 7) is 0.197. The molecule has 0 atom stereocenters. The van der Waals surface area contributed by atoms with Gasteiger partial charge in [-0.25, -0.2) is 0 Å². The average molecular weight is 431 g/mol. The van der Waals surface area contributed by atoms with Crippen LogP contribution in [0, 0.1) is 32.8 Å². The fourth-order valence-electron chi connectivity index (χ4n) is 3.55. The molecule has 0 amide bonds. The van der Waals surface area contributed by atoms with Gasteiger partial charge in [0.2, 0.25) is 0 Å². The monoisotopic (exact) mass is 431 g/mol. The highest BCUT2D eigenvalue weighted by atomic mass is 16.6. The number of fused-ring (bicyclic) bond motifs is 1. The quantitative estimate of drug-likeness (QED) is 0.155. The number of nitriles is 2. The van der Waals surface area contributed by atoms with Crippen molar-refractivity contribution < 1.29 is 9.66 Å². The predicted octanol–water partition coefficient (Wildman–Crippen LogP) is 6.26. The van der Waals surface area contributed by atoms with Crippen molar-refractivity contribution >= 4 is 28.1 Å². The molecule has 0 aromatic heterocycles. The molecule has 0 bridgehead atoms. The predicted molar refractivity (Wildman–Crippen MR) is 126 cm³/mol.